The number of aromatic nitrogens is 2. The lowest BCUT2D eigenvalue weighted by Gasteiger charge is -2.32. The maximum atomic E-state index is 13.4. The number of carbonyl (C=O) groups excluding carboxylic acids is 1. The van der Waals surface area contributed by atoms with Gasteiger partial charge in [0.05, 0.1) is 42.6 Å². The van der Waals surface area contributed by atoms with Gasteiger partial charge in [-0.2, -0.15) is 0 Å². The van der Waals surface area contributed by atoms with Crippen LogP contribution in [0, 0.1) is 0 Å². The van der Waals surface area contributed by atoms with Crippen molar-refractivity contribution in [3.8, 4) is 11.5 Å². The summed E-state index contributed by atoms with van der Waals surface area (Å²) in [5, 5.41) is 0.960. The quantitative estimate of drug-likeness (QED) is 0.455. The van der Waals surface area contributed by atoms with Crippen molar-refractivity contribution in [2.75, 3.05) is 33.0 Å². The van der Waals surface area contributed by atoms with E-state index in [0.29, 0.717) is 40.2 Å². The van der Waals surface area contributed by atoms with E-state index in [9.17, 15) is 9.59 Å². The molecule has 1 amide bonds. The molecule has 172 valence electrons. The molecule has 0 saturated carbocycles. The molecule has 0 bridgehead atoms. The predicted molar refractivity (Wildman–Crippen MR) is 127 cm³/mol. The third-order valence-electron chi connectivity index (χ3n) is 6.48. The van der Waals surface area contributed by atoms with Crippen molar-refractivity contribution >= 4 is 34.1 Å². The summed E-state index contributed by atoms with van der Waals surface area (Å²) in [6.45, 7) is 4.04. The number of pyridine rings is 1. The van der Waals surface area contributed by atoms with Crippen molar-refractivity contribution in [2.24, 2.45) is 0 Å². The van der Waals surface area contributed by atoms with Crippen molar-refractivity contribution in [1.82, 2.24) is 14.3 Å². The number of ether oxygens (including phenoxy) is 2. The average molecular weight is 478 g/mol. The summed E-state index contributed by atoms with van der Waals surface area (Å²) in [5.74, 6) is 1.46. The highest BCUT2D eigenvalue weighted by Crippen LogP contribution is 2.32. The van der Waals surface area contributed by atoms with Crippen LogP contribution in [-0.4, -0.2) is 53.2 Å². The standard InChI is InChI=1S/C25H21ClN4O4/c26-17-4-5-18-20(13-17)27-23-19(2-1-7-30(23)25(18)32)24(31)29-10-8-28(9-11-29)14-16-3-6-21-22(12-16)34-15-33-21/h1-7,12-13H,8-11,14-15H2/p+1. The van der Waals surface area contributed by atoms with Crippen LogP contribution in [0.25, 0.3) is 16.6 Å². The lowest BCUT2D eigenvalue weighted by Crippen LogP contribution is -3.13. The van der Waals surface area contributed by atoms with Gasteiger partial charge >= 0.3 is 0 Å². The van der Waals surface area contributed by atoms with Crippen LogP contribution in [0.15, 0.2) is 59.5 Å². The van der Waals surface area contributed by atoms with E-state index in [1.807, 2.05) is 17.0 Å². The first-order chi connectivity index (χ1) is 16.6. The Bertz CT molecular complexity index is 1490. The molecule has 2 aromatic carbocycles. The number of rotatable bonds is 3. The number of piperazine rings is 1. The van der Waals surface area contributed by atoms with Crippen LogP contribution >= 0.6 is 11.6 Å². The van der Waals surface area contributed by atoms with Crippen molar-refractivity contribution in [3.05, 3.63) is 81.2 Å². The SMILES string of the molecule is O=C(c1cccn2c(=O)c3ccc(Cl)cc3nc12)N1CC[NH+](Cc2ccc3c(c2)OCO3)CC1. The molecule has 2 aliphatic rings. The molecule has 0 spiro atoms. The highest BCUT2D eigenvalue weighted by atomic mass is 35.5. The molecule has 1 fully saturated rings. The topological polar surface area (TPSA) is 77.6 Å². The van der Waals surface area contributed by atoms with Gasteiger partial charge in [-0.1, -0.05) is 11.6 Å². The summed E-state index contributed by atoms with van der Waals surface area (Å²) in [6.07, 6.45) is 1.64. The number of hydrogen-bond acceptors (Lipinski definition) is 5. The summed E-state index contributed by atoms with van der Waals surface area (Å²) in [4.78, 5) is 34.3. The maximum Gasteiger partial charge on any atom is 0.265 e. The fourth-order valence-corrected chi connectivity index (χ4v) is 4.85. The van der Waals surface area contributed by atoms with E-state index in [0.717, 1.165) is 31.1 Å². The number of nitrogens with one attached hydrogen (secondary N) is 1. The number of hydrogen-bond donors (Lipinski definition) is 1. The first-order valence-electron chi connectivity index (χ1n) is 11.2. The van der Waals surface area contributed by atoms with E-state index in [4.69, 9.17) is 21.1 Å². The van der Waals surface area contributed by atoms with Gasteiger partial charge in [-0.15, -0.1) is 0 Å². The Morgan fingerprint density at radius 3 is 2.74 bits per heavy atom. The van der Waals surface area contributed by atoms with Crippen LogP contribution < -0.4 is 19.9 Å². The van der Waals surface area contributed by atoms with Crippen LogP contribution in [0.5, 0.6) is 11.5 Å². The molecule has 0 unspecified atom stereocenters. The number of fused-ring (bicyclic) bond motifs is 3. The monoisotopic (exact) mass is 477 g/mol. The zero-order valence-electron chi connectivity index (χ0n) is 18.3. The van der Waals surface area contributed by atoms with Crippen molar-refractivity contribution < 1.29 is 19.2 Å². The van der Waals surface area contributed by atoms with E-state index in [1.54, 1.807) is 36.5 Å². The summed E-state index contributed by atoms with van der Waals surface area (Å²) in [6, 6.07) is 14.5. The van der Waals surface area contributed by atoms with Crippen molar-refractivity contribution in [3.63, 3.8) is 0 Å². The highest BCUT2D eigenvalue weighted by Gasteiger charge is 2.27. The van der Waals surface area contributed by atoms with Crippen LogP contribution in [-0.2, 0) is 6.54 Å². The first-order valence-corrected chi connectivity index (χ1v) is 11.6. The van der Waals surface area contributed by atoms with Gasteiger partial charge in [-0.05, 0) is 48.5 Å². The fraction of sp³-hybridized carbons (Fsp3) is 0.240. The minimum Gasteiger partial charge on any atom is -0.454 e. The molecule has 8 nitrogen and oxygen atoms in total. The van der Waals surface area contributed by atoms with Crippen molar-refractivity contribution in [2.45, 2.75) is 6.54 Å². The fourth-order valence-electron chi connectivity index (χ4n) is 4.68. The molecule has 4 aromatic rings. The molecule has 2 aromatic heterocycles. The Kier molecular flexibility index (Phi) is 5.12. The van der Waals surface area contributed by atoms with Crippen LogP contribution in [0.1, 0.15) is 15.9 Å². The second-order valence-corrected chi connectivity index (χ2v) is 9.04. The van der Waals surface area contributed by atoms with E-state index in [-0.39, 0.29) is 18.3 Å². The van der Waals surface area contributed by atoms with Gasteiger partial charge in [-0.3, -0.25) is 14.0 Å². The lowest BCUT2D eigenvalue weighted by molar-refractivity contribution is -0.917. The predicted octanol–water partition coefficient (Wildman–Crippen LogP) is 1.77. The van der Waals surface area contributed by atoms with Gasteiger partial charge < -0.3 is 19.3 Å². The molecule has 1 saturated heterocycles. The van der Waals surface area contributed by atoms with Crippen LogP contribution in [0.2, 0.25) is 5.02 Å². The Morgan fingerprint density at radius 1 is 1.06 bits per heavy atom. The molecule has 2 aliphatic heterocycles. The summed E-state index contributed by atoms with van der Waals surface area (Å²) in [5.41, 5.74) is 2.21. The Hall–Kier alpha value is -3.62. The van der Waals surface area contributed by atoms with E-state index in [2.05, 4.69) is 11.1 Å². The lowest BCUT2D eigenvalue weighted by atomic mass is 10.1. The van der Waals surface area contributed by atoms with E-state index < -0.39 is 0 Å². The number of benzene rings is 2. The summed E-state index contributed by atoms with van der Waals surface area (Å²) >= 11 is 6.11. The molecule has 0 atom stereocenters. The van der Waals surface area contributed by atoms with E-state index in [1.165, 1.54) is 14.9 Å². The maximum absolute atomic E-state index is 13.4. The normalized spacial score (nSPS) is 15.9. The zero-order chi connectivity index (χ0) is 23.2. The number of nitrogens with zero attached hydrogens (tertiary/aromatic N) is 3. The summed E-state index contributed by atoms with van der Waals surface area (Å²) in [7, 11) is 0. The number of halogens is 1. The molecule has 0 aliphatic carbocycles. The van der Waals surface area contributed by atoms with Gasteiger partial charge in [0, 0.05) is 16.8 Å². The number of carbonyl (C=O) groups is 1. The first kappa shape index (κ1) is 20.9. The largest absolute Gasteiger partial charge is 0.454 e. The minimum atomic E-state index is -0.218. The van der Waals surface area contributed by atoms with Gasteiger partial charge in [0.1, 0.15) is 6.54 Å². The highest BCUT2D eigenvalue weighted by molar-refractivity contribution is 6.31. The molecular formula is C25H22ClN4O4+. The molecule has 6 rings (SSSR count). The molecular weight excluding hydrogens is 456 g/mol. The third kappa shape index (κ3) is 3.65. The minimum absolute atomic E-state index is 0.117. The third-order valence-corrected chi connectivity index (χ3v) is 6.72. The zero-order valence-corrected chi connectivity index (χ0v) is 19.0. The second-order valence-electron chi connectivity index (χ2n) is 8.60. The molecule has 34 heavy (non-hydrogen) atoms. The van der Waals surface area contributed by atoms with Crippen molar-refractivity contribution in [1.29, 1.82) is 0 Å². The van der Waals surface area contributed by atoms with Crippen LogP contribution in [0.3, 0.4) is 0 Å². The number of amides is 1. The van der Waals surface area contributed by atoms with E-state index >= 15 is 0 Å². The molecule has 4 heterocycles. The summed E-state index contributed by atoms with van der Waals surface area (Å²) < 4.78 is 12.3. The van der Waals surface area contributed by atoms with Gasteiger partial charge in [0.15, 0.2) is 17.1 Å². The Balaban J connectivity index is 1.22. The molecule has 9 heteroatoms. The molecule has 1 N–H and O–H groups in total. The van der Waals surface area contributed by atoms with Gasteiger partial charge in [-0.25, -0.2) is 4.98 Å². The molecule has 0 radical (unpaired) electrons. The number of quaternary nitrogens is 1. The Morgan fingerprint density at radius 2 is 1.88 bits per heavy atom. The Labute approximate surface area is 199 Å². The van der Waals surface area contributed by atoms with Gasteiger partial charge in [0.25, 0.3) is 11.5 Å². The smallest absolute Gasteiger partial charge is 0.265 e. The second kappa shape index (κ2) is 8.30. The van der Waals surface area contributed by atoms with Gasteiger partial charge in [0.2, 0.25) is 6.79 Å². The average Bonchev–Trinajstić information content (AvgIpc) is 3.32. The van der Waals surface area contributed by atoms with Crippen LogP contribution in [0.4, 0.5) is 0 Å².